The third kappa shape index (κ3) is 4.06. The van der Waals surface area contributed by atoms with Gasteiger partial charge in [-0.15, -0.1) is 0 Å². The van der Waals surface area contributed by atoms with Gasteiger partial charge >= 0.3 is 0 Å². The maximum absolute atomic E-state index is 11.4. The van der Waals surface area contributed by atoms with Crippen LogP contribution < -0.4 is 10.5 Å². The maximum Gasteiger partial charge on any atom is 0.175 e. The van der Waals surface area contributed by atoms with Crippen molar-refractivity contribution in [2.75, 3.05) is 6.26 Å². The van der Waals surface area contributed by atoms with Crippen LogP contribution in [-0.2, 0) is 23.0 Å². The SMILES string of the molecule is Cc1cc(CN)ccc1COc1ccc(S(C)(=O)=O)cc1. The van der Waals surface area contributed by atoms with Gasteiger partial charge < -0.3 is 10.5 Å². The number of nitrogens with two attached hydrogens (primary N) is 1. The van der Waals surface area contributed by atoms with Gasteiger partial charge in [0.2, 0.25) is 0 Å². The van der Waals surface area contributed by atoms with E-state index in [2.05, 4.69) is 0 Å². The summed E-state index contributed by atoms with van der Waals surface area (Å²) < 4.78 is 28.4. The summed E-state index contributed by atoms with van der Waals surface area (Å²) in [6.45, 7) is 2.98. The van der Waals surface area contributed by atoms with Gasteiger partial charge in [0.15, 0.2) is 9.84 Å². The van der Waals surface area contributed by atoms with E-state index < -0.39 is 9.84 Å². The molecule has 5 heteroatoms. The predicted octanol–water partition coefficient (Wildman–Crippen LogP) is 2.44. The maximum atomic E-state index is 11.4. The second-order valence-corrected chi connectivity index (χ2v) is 7.01. The van der Waals surface area contributed by atoms with Crippen LogP contribution in [0.1, 0.15) is 16.7 Å². The summed E-state index contributed by atoms with van der Waals surface area (Å²) in [6, 6.07) is 12.5. The largest absolute Gasteiger partial charge is 0.489 e. The summed E-state index contributed by atoms with van der Waals surface area (Å²) in [4.78, 5) is 0.290. The van der Waals surface area contributed by atoms with Gasteiger partial charge in [0.05, 0.1) is 4.90 Å². The fourth-order valence-electron chi connectivity index (χ4n) is 1.99. The van der Waals surface area contributed by atoms with Crippen LogP contribution in [0.3, 0.4) is 0 Å². The van der Waals surface area contributed by atoms with E-state index in [1.165, 1.54) is 6.26 Å². The van der Waals surface area contributed by atoms with Crippen LogP contribution in [0.4, 0.5) is 0 Å². The molecule has 0 saturated carbocycles. The molecule has 0 atom stereocenters. The summed E-state index contributed by atoms with van der Waals surface area (Å²) in [7, 11) is -3.17. The van der Waals surface area contributed by atoms with E-state index in [4.69, 9.17) is 10.5 Å². The minimum absolute atomic E-state index is 0.290. The molecule has 0 aliphatic carbocycles. The van der Waals surface area contributed by atoms with Gasteiger partial charge in [-0.3, -0.25) is 0 Å². The molecule has 2 rings (SSSR count). The molecule has 0 aromatic heterocycles. The normalized spacial score (nSPS) is 11.4. The number of sulfone groups is 1. The van der Waals surface area contributed by atoms with Crippen molar-refractivity contribution < 1.29 is 13.2 Å². The standard InChI is InChI=1S/C16H19NO3S/c1-12-9-13(10-17)3-4-14(12)11-20-15-5-7-16(8-6-15)21(2,18)19/h3-9H,10-11,17H2,1-2H3. The van der Waals surface area contributed by atoms with Crippen molar-refractivity contribution in [1.29, 1.82) is 0 Å². The Morgan fingerprint density at radius 2 is 1.76 bits per heavy atom. The fraction of sp³-hybridized carbons (Fsp3) is 0.250. The highest BCUT2D eigenvalue weighted by Gasteiger charge is 2.07. The second kappa shape index (κ2) is 6.28. The predicted molar refractivity (Wildman–Crippen MR) is 83.0 cm³/mol. The van der Waals surface area contributed by atoms with E-state index in [1.54, 1.807) is 24.3 Å². The Morgan fingerprint density at radius 1 is 1.10 bits per heavy atom. The second-order valence-electron chi connectivity index (χ2n) is 5.00. The zero-order valence-electron chi connectivity index (χ0n) is 12.2. The summed E-state index contributed by atoms with van der Waals surface area (Å²) in [5, 5.41) is 0. The van der Waals surface area contributed by atoms with Crippen molar-refractivity contribution in [3.63, 3.8) is 0 Å². The monoisotopic (exact) mass is 305 g/mol. The molecule has 0 radical (unpaired) electrons. The van der Waals surface area contributed by atoms with Crippen LogP contribution in [-0.4, -0.2) is 14.7 Å². The molecular weight excluding hydrogens is 286 g/mol. The third-order valence-corrected chi connectivity index (χ3v) is 4.42. The van der Waals surface area contributed by atoms with Crippen LogP contribution in [0.25, 0.3) is 0 Å². The minimum Gasteiger partial charge on any atom is -0.489 e. The molecule has 2 aromatic rings. The van der Waals surface area contributed by atoms with Crippen molar-refractivity contribution >= 4 is 9.84 Å². The number of benzene rings is 2. The van der Waals surface area contributed by atoms with E-state index in [0.717, 1.165) is 16.7 Å². The van der Waals surface area contributed by atoms with Crippen LogP contribution in [0.15, 0.2) is 47.4 Å². The molecular formula is C16H19NO3S. The molecule has 2 N–H and O–H groups in total. The number of hydrogen-bond acceptors (Lipinski definition) is 4. The van der Waals surface area contributed by atoms with Crippen LogP contribution in [0.5, 0.6) is 5.75 Å². The summed E-state index contributed by atoms with van der Waals surface area (Å²) in [6.07, 6.45) is 1.19. The number of aryl methyl sites for hydroxylation is 1. The van der Waals surface area contributed by atoms with Crippen LogP contribution >= 0.6 is 0 Å². The average molecular weight is 305 g/mol. The van der Waals surface area contributed by atoms with E-state index in [1.807, 2.05) is 25.1 Å². The molecule has 0 amide bonds. The summed E-state index contributed by atoms with van der Waals surface area (Å²) in [5.41, 5.74) is 8.91. The first-order valence-electron chi connectivity index (χ1n) is 6.61. The van der Waals surface area contributed by atoms with Crippen molar-refractivity contribution in [1.82, 2.24) is 0 Å². The van der Waals surface area contributed by atoms with Gasteiger partial charge in [-0.25, -0.2) is 8.42 Å². The molecule has 0 bridgehead atoms. The third-order valence-electron chi connectivity index (χ3n) is 3.29. The van der Waals surface area contributed by atoms with Gasteiger partial charge in [-0.1, -0.05) is 18.2 Å². The highest BCUT2D eigenvalue weighted by molar-refractivity contribution is 7.90. The quantitative estimate of drug-likeness (QED) is 0.921. The van der Waals surface area contributed by atoms with Crippen molar-refractivity contribution in [2.24, 2.45) is 5.73 Å². The Bertz CT molecular complexity index is 722. The zero-order valence-corrected chi connectivity index (χ0v) is 13.0. The molecule has 0 aliphatic heterocycles. The van der Waals surface area contributed by atoms with Gasteiger partial charge in [0.1, 0.15) is 12.4 Å². The fourth-order valence-corrected chi connectivity index (χ4v) is 2.62. The molecule has 4 nitrogen and oxygen atoms in total. The molecule has 2 aromatic carbocycles. The lowest BCUT2D eigenvalue weighted by atomic mass is 10.1. The number of ether oxygens (including phenoxy) is 1. The number of rotatable bonds is 5. The van der Waals surface area contributed by atoms with E-state index in [9.17, 15) is 8.42 Å². The summed E-state index contributed by atoms with van der Waals surface area (Å²) >= 11 is 0. The first kappa shape index (κ1) is 15.5. The van der Waals surface area contributed by atoms with Crippen molar-refractivity contribution in [3.05, 3.63) is 59.2 Å². The first-order valence-corrected chi connectivity index (χ1v) is 8.50. The van der Waals surface area contributed by atoms with Gasteiger partial charge in [0.25, 0.3) is 0 Å². The molecule has 0 saturated heterocycles. The lowest BCUT2D eigenvalue weighted by molar-refractivity contribution is 0.305. The molecule has 112 valence electrons. The van der Waals surface area contributed by atoms with E-state index in [-0.39, 0.29) is 0 Å². The molecule has 21 heavy (non-hydrogen) atoms. The summed E-state index contributed by atoms with van der Waals surface area (Å²) in [5.74, 6) is 0.643. The smallest absolute Gasteiger partial charge is 0.175 e. The Balaban J connectivity index is 2.06. The Kier molecular flexibility index (Phi) is 4.65. The molecule has 0 fully saturated rings. The van der Waals surface area contributed by atoms with E-state index >= 15 is 0 Å². The Labute approximate surface area is 125 Å². The average Bonchev–Trinajstić information content (AvgIpc) is 2.45. The van der Waals surface area contributed by atoms with E-state index in [0.29, 0.717) is 23.8 Å². The highest BCUT2D eigenvalue weighted by atomic mass is 32.2. The zero-order chi connectivity index (χ0) is 15.5. The highest BCUT2D eigenvalue weighted by Crippen LogP contribution is 2.18. The topological polar surface area (TPSA) is 69.4 Å². The number of hydrogen-bond donors (Lipinski definition) is 1. The molecule has 0 aliphatic rings. The van der Waals surface area contributed by atoms with Crippen LogP contribution in [0.2, 0.25) is 0 Å². The molecule has 0 spiro atoms. The molecule has 0 heterocycles. The first-order chi connectivity index (χ1) is 9.90. The Morgan fingerprint density at radius 3 is 2.29 bits per heavy atom. The van der Waals surface area contributed by atoms with Gasteiger partial charge in [-0.05, 0) is 47.9 Å². The van der Waals surface area contributed by atoms with Crippen molar-refractivity contribution in [2.45, 2.75) is 25.0 Å². The minimum atomic E-state index is -3.17. The van der Waals surface area contributed by atoms with Crippen molar-refractivity contribution in [3.8, 4) is 5.75 Å². The Hall–Kier alpha value is -1.85. The van der Waals surface area contributed by atoms with Gasteiger partial charge in [0, 0.05) is 12.8 Å². The lowest BCUT2D eigenvalue weighted by Crippen LogP contribution is -2.02. The molecule has 0 unspecified atom stereocenters. The van der Waals surface area contributed by atoms with Gasteiger partial charge in [-0.2, -0.15) is 0 Å². The van der Waals surface area contributed by atoms with Crippen LogP contribution in [0, 0.1) is 6.92 Å². The lowest BCUT2D eigenvalue weighted by Gasteiger charge is -2.10.